The van der Waals surface area contributed by atoms with E-state index in [-0.39, 0.29) is 0 Å². The van der Waals surface area contributed by atoms with Crippen molar-refractivity contribution in [3.05, 3.63) is 34.9 Å². The lowest BCUT2D eigenvalue weighted by Crippen LogP contribution is -2.24. The molecular weight excluding hydrogens is 210 g/mol. The number of hydrogen-bond donors (Lipinski definition) is 2. The van der Waals surface area contributed by atoms with Crippen LogP contribution in [0.1, 0.15) is 27.8 Å². The number of aliphatic hydroxyl groups is 1. The number of nitrogens with two attached hydrogens (primary N) is 1. The second kappa shape index (κ2) is 4.03. The van der Waals surface area contributed by atoms with Crippen LogP contribution in [-0.4, -0.2) is 23.4 Å². The van der Waals surface area contributed by atoms with Crippen LogP contribution in [0.2, 0.25) is 0 Å². The lowest BCUT2D eigenvalue weighted by Gasteiger charge is -2.05. The number of fused-ring (bicyclic) bond motifs is 1. The molecule has 1 aliphatic rings. The first-order valence-corrected chi connectivity index (χ1v) is 4.84. The molecule has 0 fully saturated rings. The zero-order valence-electron chi connectivity index (χ0n) is 8.42. The maximum Gasteiger partial charge on any atom is 0.341 e. The Morgan fingerprint density at radius 1 is 1.56 bits per heavy atom. The fraction of sp³-hybridized carbons (Fsp3) is 0.273. The minimum atomic E-state index is -1.18. The van der Waals surface area contributed by atoms with Gasteiger partial charge in [-0.3, -0.25) is 0 Å². The number of hydrogen-bond acceptors (Lipinski definition) is 5. The van der Waals surface area contributed by atoms with Crippen LogP contribution in [0, 0.1) is 0 Å². The average molecular weight is 221 g/mol. The van der Waals surface area contributed by atoms with E-state index in [1.165, 1.54) is 0 Å². The Morgan fingerprint density at radius 2 is 2.31 bits per heavy atom. The summed E-state index contributed by atoms with van der Waals surface area (Å²) < 4.78 is 4.63. The molecule has 0 aromatic heterocycles. The molecule has 1 aromatic carbocycles. The second-order valence-corrected chi connectivity index (χ2v) is 3.68. The van der Waals surface area contributed by atoms with Gasteiger partial charge in [-0.1, -0.05) is 12.1 Å². The van der Waals surface area contributed by atoms with E-state index in [1.807, 2.05) is 0 Å². The molecule has 0 bridgehead atoms. The van der Waals surface area contributed by atoms with Crippen LogP contribution >= 0.6 is 0 Å². The van der Waals surface area contributed by atoms with E-state index >= 15 is 0 Å². The van der Waals surface area contributed by atoms with Crippen LogP contribution in [0.3, 0.4) is 0 Å². The highest BCUT2D eigenvalue weighted by Crippen LogP contribution is 2.29. The van der Waals surface area contributed by atoms with Crippen molar-refractivity contribution >= 4 is 12.3 Å². The van der Waals surface area contributed by atoms with Crippen LogP contribution < -0.4 is 5.73 Å². The molecule has 0 radical (unpaired) electrons. The normalized spacial score (nSPS) is 20.1. The van der Waals surface area contributed by atoms with Crippen molar-refractivity contribution in [2.75, 3.05) is 0 Å². The van der Waals surface area contributed by atoms with Crippen LogP contribution in [0.25, 0.3) is 0 Å². The molecule has 16 heavy (non-hydrogen) atoms. The number of ether oxygens (including phenoxy) is 1. The van der Waals surface area contributed by atoms with Crippen molar-refractivity contribution in [3.63, 3.8) is 0 Å². The zero-order chi connectivity index (χ0) is 11.7. The fourth-order valence-electron chi connectivity index (χ4n) is 1.67. The van der Waals surface area contributed by atoms with Gasteiger partial charge in [-0.25, -0.2) is 4.79 Å². The molecule has 1 aromatic rings. The third-order valence-corrected chi connectivity index (χ3v) is 2.47. The Balaban J connectivity index is 2.29. The van der Waals surface area contributed by atoms with E-state index in [0.29, 0.717) is 23.8 Å². The second-order valence-electron chi connectivity index (χ2n) is 3.68. The number of esters is 1. The first-order valence-electron chi connectivity index (χ1n) is 4.84. The lowest BCUT2D eigenvalue weighted by molar-refractivity contribution is -0.108. The third kappa shape index (κ3) is 1.82. The number of carbonyl (C=O) groups excluding carboxylic acids is 2. The minimum absolute atomic E-state index is 0.336. The molecule has 2 atom stereocenters. The van der Waals surface area contributed by atoms with E-state index < -0.39 is 18.3 Å². The summed E-state index contributed by atoms with van der Waals surface area (Å²) in [6, 6.07) is 4.34. The Hall–Kier alpha value is -1.72. The molecule has 1 unspecified atom stereocenters. The van der Waals surface area contributed by atoms with Gasteiger partial charge in [0.05, 0.1) is 11.6 Å². The van der Waals surface area contributed by atoms with Gasteiger partial charge in [0.1, 0.15) is 6.29 Å². The number of aldehydes is 1. The molecule has 84 valence electrons. The summed E-state index contributed by atoms with van der Waals surface area (Å²) in [4.78, 5) is 21.7. The Kier molecular flexibility index (Phi) is 2.72. The van der Waals surface area contributed by atoms with Gasteiger partial charge in [0, 0.05) is 5.56 Å². The third-order valence-electron chi connectivity index (χ3n) is 2.47. The topological polar surface area (TPSA) is 89.6 Å². The molecule has 0 amide bonds. The van der Waals surface area contributed by atoms with Gasteiger partial charge >= 0.3 is 5.97 Å². The van der Waals surface area contributed by atoms with E-state index in [4.69, 9.17) is 5.73 Å². The Labute approximate surface area is 91.8 Å². The molecular formula is C11H11NO4. The summed E-state index contributed by atoms with van der Waals surface area (Å²) >= 11 is 0. The van der Waals surface area contributed by atoms with Crippen LogP contribution in [0.15, 0.2) is 18.2 Å². The highest BCUT2D eigenvalue weighted by Gasteiger charge is 2.29. The maximum absolute atomic E-state index is 11.3. The van der Waals surface area contributed by atoms with Gasteiger partial charge in [0.15, 0.2) is 0 Å². The largest absolute Gasteiger partial charge is 0.428 e. The van der Waals surface area contributed by atoms with Gasteiger partial charge in [-0.15, -0.1) is 0 Å². The molecule has 2 rings (SSSR count). The quantitative estimate of drug-likeness (QED) is 0.550. The predicted octanol–water partition coefficient (Wildman–Crippen LogP) is -0.0834. The first kappa shape index (κ1) is 10.8. The smallest absolute Gasteiger partial charge is 0.341 e. The monoisotopic (exact) mass is 221 g/mol. The lowest BCUT2D eigenvalue weighted by atomic mass is 10.0. The van der Waals surface area contributed by atoms with Crippen molar-refractivity contribution < 1.29 is 19.4 Å². The SMILES string of the molecule is N[C@H](C=O)Cc1ccc2c(c1)C(=O)OC2O. The summed E-state index contributed by atoms with van der Waals surface area (Å²) in [5.74, 6) is -0.552. The van der Waals surface area contributed by atoms with Crippen molar-refractivity contribution in [1.82, 2.24) is 0 Å². The predicted molar refractivity (Wildman–Crippen MR) is 54.6 cm³/mol. The summed E-state index contributed by atoms with van der Waals surface area (Å²) in [7, 11) is 0. The molecule has 1 heterocycles. The zero-order valence-corrected chi connectivity index (χ0v) is 8.42. The van der Waals surface area contributed by atoms with E-state index in [0.717, 1.165) is 5.56 Å². The van der Waals surface area contributed by atoms with Crippen molar-refractivity contribution in [2.24, 2.45) is 5.73 Å². The van der Waals surface area contributed by atoms with E-state index in [2.05, 4.69) is 4.74 Å². The summed E-state index contributed by atoms with van der Waals surface area (Å²) in [5, 5.41) is 9.35. The molecule has 0 saturated heterocycles. The standard InChI is InChI=1S/C11H11NO4/c12-7(5-13)3-6-1-2-8-9(4-6)11(15)16-10(8)14/h1-2,4-5,7,10,14H,3,12H2/t7-,10?/m0/s1. The number of carbonyl (C=O) groups is 2. The van der Waals surface area contributed by atoms with Crippen LogP contribution in [0.5, 0.6) is 0 Å². The number of rotatable bonds is 3. The molecule has 0 spiro atoms. The Morgan fingerprint density at radius 3 is 3.00 bits per heavy atom. The van der Waals surface area contributed by atoms with Gasteiger partial charge < -0.3 is 20.4 Å². The van der Waals surface area contributed by atoms with Crippen molar-refractivity contribution in [1.29, 1.82) is 0 Å². The highest BCUT2D eigenvalue weighted by molar-refractivity contribution is 5.94. The molecule has 5 nitrogen and oxygen atoms in total. The van der Waals surface area contributed by atoms with Gasteiger partial charge in [-0.05, 0) is 18.1 Å². The Bertz CT molecular complexity index is 444. The van der Waals surface area contributed by atoms with Gasteiger partial charge in [0.25, 0.3) is 0 Å². The highest BCUT2D eigenvalue weighted by atomic mass is 16.6. The van der Waals surface area contributed by atoms with E-state index in [9.17, 15) is 14.7 Å². The van der Waals surface area contributed by atoms with Gasteiger partial charge in [0.2, 0.25) is 6.29 Å². The first-order chi connectivity index (χ1) is 7.61. The number of benzene rings is 1. The molecule has 0 saturated carbocycles. The van der Waals surface area contributed by atoms with Crippen LogP contribution in [-0.2, 0) is 16.0 Å². The van der Waals surface area contributed by atoms with Gasteiger partial charge in [-0.2, -0.15) is 0 Å². The van der Waals surface area contributed by atoms with E-state index in [1.54, 1.807) is 18.2 Å². The summed E-state index contributed by atoms with van der Waals surface area (Å²) in [5.41, 5.74) is 7.03. The molecule has 1 aliphatic heterocycles. The van der Waals surface area contributed by atoms with Crippen molar-refractivity contribution in [2.45, 2.75) is 18.8 Å². The number of aliphatic hydroxyl groups excluding tert-OH is 1. The average Bonchev–Trinajstić information content (AvgIpc) is 2.54. The molecule has 3 N–H and O–H groups in total. The molecule has 5 heteroatoms. The fourth-order valence-corrected chi connectivity index (χ4v) is 1.67. The summed E-state index contributed by atoms with van der Waals surface area (Å²) in [6.45, 7) is 0. The minimum Gasteiger partial charge on any atom is -0.428 e. The maximum atomic E-state index is 11.3. The van der Waals surface area contributed by atoms with Crippen LogP contribution in [0.4, 0.5) is 0 Å². The number of cyclic esters (lactones) is 1. The van der Waals surface area contributed by atoms with Crippen molar-refractivity contribution in [3.8, 4) is 0 Å². The molecule has 0 aliphatic carbocycles. The summed E-state index contributed by atoms with van der Waals surface area (Å²) in [6.07, 6.45) is -0.170.